The van der Waals surface area contributed by atoms with Gasteiger partial charge < -0.3 is 5.73 Å². The number of nitrogen functional groups attached to an aromatic ring is 1. The second kappa shape index (κ2) is 5.01. The third kappa shape index (κ3) is 2.55. The molecule has 1 fully saturated rings. The lowest BCUT2D eigenvalue weighted by molar-refractivity contribution is 0.167. The van der Waals surface area contributed by atoms with Crippen molar-refractivity contribution in [2.75, 3.05) is 5.73 Å². The van der Waals surface area contributed by atoms with Gasteiger partial charge in [0.05, 0.1) is 0 Å². The molecule has 20 heavy (non-hydrogen) atoms. The van der Waals surface area contributed by atoms with Gasteiger partial charge in [0.15, 0.2) is 0 Å². The zero-order chi connectivity index (χ0) is 14.3. The summed E-state index contributed by atoms with van der Waals surface area (Å²) in [6, 6.07) is 0. The van der Waals surface area contributed by atoms with Crippen molar-refractivity contribution in [3.8, 4) is 0 Å². The molecule has 1 aromatic rings. The standard InChI is InChI=1S/C17H27N3/c1-17(2,3)12-9-7-11(8-10-12)16-19-14-6-4-5-13(14)15(18)20-16/h11-12H,4-10H2,1-3H3,(H2,18,19,20). The van der Waals surface area contributed by atoms with Crippen LogP contribution in [0.15, 0.2) is 0 Å². The number of rotatable bonds is 1. The summed E-state index contributed by atoms with van der Waals surface area (Å²) in [6.45, 7) is 7.09. The van der Waals surface area contributed by atoms with Gasteiger partial charge in [-0.1, -0.05) is 20.8 Å². The lowest BCUT2D eigenvalue weighted by Crippen LogP contribution is -2.26. The first-order valence-electron chi connectivity index (χ1n) is 8.10. The van der Waals surface area contributed by atoms with Crippen molar-refractivity contribution in [2.24, 2.45) is 11.3 Å². The topological polar surface area (TPSA) is 51.8 Å². The molecule has 110 valence electrons. The molecule has 1 saturated carbocycles. The molecule has 2 aliphatic rings. The predicted octanol–water partition coefficient (Wildman–Crippen LogP) is 3.87. The Morgan fingerprint density at radius 3 is 2.35 bits per heavy atom. The van der Waals surface area contributed by atoms with Crippen molar-refractivity contribution in [2.45, 2.75) is 71.6 Å². The number of nitrogens with zero attached hydrogens (tertiary/aromatic N) is 2. The number of hydrogen-bond donors (Lipinski definition) is 1. The van der Waals surface area contributed by atoms with Crippen molar-refractivity contribution in [3.63, 3.8) is 0 Å². The van der Waals surface area contributed by atoms with E-state index in [-0.39, 0.29) is 0 Å². The average molecular weight is 273 g/mol. The fourth-order valence-corrected chi connectivity index (χ4v) is 3.88. The van der Waals surface area contributed by atoms with Crippen molar-refractivity contribution in [1.29, 1.82) is 0 Å². The summed E-state index contributed by atoms with van der Waals surface area (Å²) < 4.78 is 0. The SMILES string of the molecule is CC(C)(C)C1CCC(c2nc(N)c3c(n2)CCC3)CC1. The Hall–Kier alpha value is -1.12. The number of fused-ring (bicyclic) bond motifs is 1. The molecule has 0 aliphatic heterocycles. The minimum atomic E-state index is 0.433. The van der Waals surface area contributed by atoms with E-state index in [4.69, 9.17) is 10.7 Å². The van der Waals surface area contributed by atoms with Crippen LogP contribution in [0, 0.1) is 11.3 Å². The Morgan fingerprint density at radius 1 is 1.00 bits per heavy atom. The van der Waals surface area contributed by atoms with Crippen LogP contribution in [0.4, 0.5) is 5.82 Å². The lowest BCUT2D eigenvalue weighted by Gasteiger charge is -2.36. The van der Waals surface area contributed by atoms with E-state index in [1.807, 2.05) is 0 Å². The molecule has 0 atom stereocenters. The maximum Gasteiger partial charge on any atom is 0.134 e. The fourth-order valence-electron chi connectivity index (χ4n) is 3.88. The van der Waals surface area contributed by atoms with Crippen LogP contribution in [-0.2, 0) is 12.8 Å². The van der Waals surface area contributed by atoms with Crippen molar-refractivity contribution in [3.05, 3.63) is 17.1 Å². The number of aromatic nitrogens is 2. The summed E-state index contributed by atoms with van der Waals surface area (Å²) in [7, 11) is 0. The first-order chi connectivity index (χ1) is 9.45. The third-order valence-electron chi connectivity index (χ3n) is 5.30. The maximum atomic E-state index is 6.12. The molecular weight excluding hydrogens is 246 g/mol. The highest BCUT2D eigenvalue weighted by Crippen LogP contribution is 2.42. The van der Waals surface area contributed by atoms with E-state index in [0.717, 1.165) is 30.4 Å². The summed E-state index contributed by atoms with van der Waals surface area (Å²) in [5.74, 6) is 3.14. The molecule has 0 aromatic carbocycles. The number of hydrogen-bond acceptors (Lipinski definition) is 3. The summed E-state index contributed by atoms with van der Waals surface area (Å²) >= 11 is 0. The fraction of sp³-hybridized carbons (Fsp3) is 0.765. The molecule has 3 nitrogen and oxygen atoms in total. The smallest absolute Gasteiger partial charge is 0.134 e. The summed E-state index contributed by atoms with van der Waals surface area (Å²) in [5, 5.41) is 0. The van der Waals surface area contributed by atoms with E-state index in [1.54, 1.807) is 0 Å². The second-order valence-corrected chi connectivity index (χ2v) is 7.66. The number of nitrogens with two attached hydrogens (primary N) is 1. The highest BCUT2D eigenvalue weighted by atomic mass is 15.0. The van der Waals surface area contributed by atoms with Gasteiger partial charge >= 0.3 is 0 Å². The molecule has 0 radical (unpaired) electrons. The van der Waals surface area contributed by atoms with E-state index in [0.29, 0.717) is 11.3 Å². The largest absolute Gasteiger partial charge is 0.383 e. The van der Waals surface area contributed by atoms with E-state index in [1.165, 1.54) is 43.4 Å². The highest BCUT2D eigenvalue weighted by molar-refractivity contribution is 5.45. The van der Waals surface area contributed by atoms with Crippen LogP contribution in [0.2, 0.25) is 0 Å². The first kappa shape index (κ1) is 13.8. The van der Waals surface area contributed by atoms with Gasteiger partial charge in [0.25, 0.3) is 0 Å². The quantitative estimate of drug-likeness (QED) is 0.845. The summed E-state index contributed by atoms with van der Waals surface area (Å²) in [5.41, 5.74) is 9.00. The number of anilines is 1. The van der Waals surface area contributed by atoms with Crippen LogP contribution in [0.25, 0.3) is 0 Å². The van der Waals surface area contributed by atoms with E-state index in [9.17, 15) is 0 Å². The Morgan fingerprint density at radius 2 is 1.70 bits per heavy atom. The first-order valence-corrected chi connectivity index (χ1v) is 8.10. The molecule has 3 rings (SSSR count). The van der Waals surface area contributed by atoms with Gasteiger partial charge in [-0.15, -0.1) is 0 Å². The van der Waals surface area contributed by atoms with Gasteiger partial charge in [0, 0.05) is 17.2 Å². The summed E-state index contributed by atoms with van der Waals surface area (Å²) in [6.07, 6.45) is 8.39. The van der Waals surface area contributed by atoms with Crippen LogP contribution in [0.3, 0.4) is 0 Å². The second-order valence-electron chi connectivity index (χ2n) is 7.66. The van der Waals surface area contributed by atoms with Gasteiger partial charge in [-0.05, 0) is 56.3 Å². The Bertz CT molecular complexity index is 494. The zero-order valence-corrected chi connectivity index (χ0v) is 13.1. The molecule has 0 saturated heterocycles. The molecule has 0 unspecified atom stereocenters. The van der Waals surface area contributed by atoms with Crippen LogP contribution in [0.1, 0.15) is 75.9 Å². The Balaban J connectivity index is 1.74. The van der Waals surface area contributed by atoms with E-state index >= 15 is 0 Å². The van der Waals surface area contributed by atoms with Crippen LogP contribution >= 0.6 is 0 Å². The minimum Gasteiger partial charge on any atom is -0.383 e. The van der Waals surface area contributed by atoms with Crippen molar-refractivity contribution < 1.29 is 0 Å². The molecule has 3 heteroatoms. The monoisotopic (exact) mass is 273 g/mol. The highest BCUT2D eigenvalue weighted by Gasteiger charge is 2.32. The normalized spacial score (nSPS) is 26.6. The average Bonchev–Trinajstić information content (AvgIpc) is 2.86. The van der Waals surface area contributed by atoms with E-state index in [2.05, 4.69) is 25.8 Å². The van der Waals surface area contributed by atoms with Gasteiger partial charge in [-0.3, -0.25) is 0 Å². The molecule has 2 N–H and O–H groups in total. The molecule has 0 spiro atoms. The van der Waals surface area contributed by atoms with Crippen molar-refractivity contribution in [1.82, 2.24) is 9.97 Å². The van der Waals surface area contributed by atoms with E-state index < -0.39 is 0 Å². The van der Waals surface area contributed by atoms with Crippen LogP contribution in [0.5, 0.6) is 0 Å². The molecular formula is C17H27N3. The Labute approximate surface area is 122 Å². The van der Waals surface area contributed by atoms with Crippen LogP contribution in [-0.4, -0.2) is 9.97 Å². The molecule has 1 aromatic heterocycles. The van der Waals surface area contributed by atoms with Crippen LogP contribution < -0.4 is 5.73 Å². The zero-order valence-electron chi connectivity index (χ0n) is 13.1. The minimum absolute atomic E-state index is 0.433. The maximum absolute atomic E-state index is 6.12. The summed E-state index contributed by atoms with van der Waals surface area (Å²) in [4.78, 5) is 9.46. The molecule has 2 aliphatic carbocycles. The van der Waals surface area contributed by atoms with Gasteiger partial charge in [0.1, 0.15) is 11.6 Å². The van der Waals surface area contributed by atoms with Gasteiger partial charge in [-0.2, -0.15) is 0 Å². The Kier molecular flexibility index (Phi) is 3.47. The predicted molar refractivity (Wildman–Crippen MR) is 82.6 cm³/mol. The van der Waals surface area contributed by atoms with Crippen molar-refractivity contribution >= 4 is 5.82 Å². The van der Waals surface area contributed by atoms with Gasteiger partial charge in [-0.25, -0.2) is 9.97 Å². The molecule has 0 amide bonds. The molecule has 1 heterocycles. The molecule has 0 bridgehead atoms. The van der Waals surface area contributed by atoms with Gasteiger partial charge in [0.2, 0.25) is 0 Å². The third-order valence-corrected chi connectivity index (χ3v) is 5.30. The number of aryl methyl sites for hydroxylation is 1. The lowest BCUT2D eigenvalue weighted by atomic mass is 9.69.